The third-order valence-electron chi connectivity index (χ3n) is 3.63. The van der Waals surface area contributed by atoms with Crippen molar-refractivity contribution < 1.29 is 4.74 Å². The first kappa shape index (κ1) is 13.0. The summed E-state index contributed by atoms with van der Waals surface area (Å²) in [4.78, 5) is 0. The molecule has 2 nitrogen and oxygen atoms in total. The van der Waals surface area contributed by atoms with E-state index in [1.807, 2.05) is 0 Å². The molecule has 0 unspecified atom stereocenters. The van der Waals surface area contributed by atoms with Gasteiger partial charge in [-0.05, 0) is 38.1 Å². The summed E-state index contributed by atoms with van der Waals surface area (Å²) >= 11 is 0. The van der Waals surface area contributed by atoms with E-state index in [-0.39, 0.29) is 0 Å². The van der Waals surface area contributed by atoms with Crippen molar-refractivity contribution in [1.29, 1.82) is 0 Å². The van der Waals surface area contributed by atoms with Crippen LogP contribution in [-0.2, 0) is 4.74 Å². The van der Waals surface area contributed by atoms with Crippen LogP contribution in [-0.4, -0.2) is 26.8 Å². The normalized spacial score (nSPS) is 19.6. The smallest absolute Gasteiger partial charge is 0.0471 e. The van der Waals surface area contributed by atoms with Gasteiger partial charge in [0.05, 0.1) is 0 Å². The second-order valence-electron chi connectivity index (χ2n) is 4.95. The SMILES string of the molecule is CCCCOCCC1(CNC)CCCC1. The van der Waals surface area contributed by atoms with Gasteiger partial charge in [0.15, 0.2) is 0 Å². The Balaban J connectivity index is 2.14. The van der Waals surface area contributed by atoms with Crippen molar-refractivity contribution in [3.63, 3.8) is 0 Å². The highest BCUT2D eigenvalue weighted by atomic mass is 16.5. The van der Waals surface area contributed by atoms with Crippen molar-refractivity contribution in [3.8, 4) is 0 Å². The van der Waals surface area contributed by atoms with Crippen LogP contribution < -0.4 is 5.32 Å². The van der Waals surface area contributed by atoms with Gasteiger partial charge >= 0.3 is 0 Å². The number of nitrogens with one attached hydrogen (secondary N) is 1. The summed E-state index contributed by atoms with van der Waals surface area (Å²) in [6, 6.07) is 0. The van der Waals surface area contributed by atoms with E-state index < -0.39 is 0 Å². The minimum Gasteiger partial charge on any atom is -0.381 e. The molecule has 0 amide bonds. The zero-order valence-electron chi connectivity index (χ0n) is 10.5. The summed E-state index contributed by atoms with van der Waals surface area (Å²) < 4.78 is 5.68. The van der Waals surface area contributed by atoms with Gasteiger partial charge < -0.3 is 10.1 Å². The van der Waals surface area contributed by atoms with E-state index in [0.29, 0.717) is 5.41 Å². The summed E-state index contributed by atoms with van der Waals surface area (Å²) in [5.74, 6) is 0. The van der Waals surface area contributed by atoms with Gasteiger partial charge in [0.25, 0.3) is 0 Å². The van der Waals surface area contributed by atoms with E-state index in [1.54, 1.807) is 0 Å². The minimum absolute atomic E-state index is 0.557. The van der Waals surface area contributed by atoms with Crippen molar-refractivity contribution >= 4 is 0 Å². The molecule has 1 rings (SSSR count). The van der Waals surface area contributed by atoms with E-state index in [2.05, 4.69) is 19.3 Å². The third-order valence-corrected chi connectivity index (χ3v) is 3.63. The molecule has 0 radical (unpaired) electrons. The van der Waals surface area contributed by atoms with Crippen molar-refractivity contribution in [1.82, 2.24) is 5.32 Å². The summed E-state index contributed by atoms with van der Waals surface area (Å²) in [5.41, 5.74) is 0.557. The Morgan fingerprint density at radius 1 is 1.20 bits per heavy atom. The molecule has 2 heteroatoms. The highest BCUT2D eigenvalue weighted by Crippen LogP contribution is 2.40. The molecule has 0 heterocycles. The van der Waals surface area contributed by atoms with Gasteiger partial charge in [-0.1, -0.05) is 26.2 Å². The lowest BCUT2D eigenvalue weighted by Gasteiger charge is -2.28. The molecular weight excluding hydrogens is 186 g/mol. The molecule has 0 aromatic heterocycles. The van der Waals surface area contributed by atoms with Crippen LogP contribution in [0.25, 0.3) is 0 Å². The average Bonchev–Trinajstić information content (AvgIpc) is 2.67. The Morgan fingerprint density at radius 2 is 1.93 bits per heavy atom. The van der Waals surface area contributed by atoms with Crippen LogP contribution in [0.1, 0.15) is 51.9 Å². The second-order valence-corrected chi connectivity index (χ2v) is 4.95. The van der Waals surface area contributed by atoms with E-state index in [4.69, 9.17) is 4.74 Å². The number of hydrogen-bond acceptors (Lipinski definition) is 2. The maximum Gasteiger partial charge on any atom is 0.0471 e. The van der Waals surface area contributed by atoms with Crippen LogP contribution >= 0.6 is 0 Å². The Labute approximate surface area is 94.8 Å². The Kier molecular flexibility index (Phi) is 6.26. The van der Waals surface area contributed by atoms with Crippen molar-refractivity contribution in [2.75, 3.05) is 26.8 Å². The summed E-state index contributed by atoms with van der Waals surface area (Å²) in [6.07, 6.45) is 9.31. The molecule has 0 aromatic rings. The van der Waals surface area contributed by atoms with Crippen LogP contribution in [0.3, 0.4) is 0 Å². The molecule has 1 aliphatic rings. The van der Waals surface area contributed by atoms with Crippen LogP contribution in [0.15, 0.2) is 0 Å². The maximum absolute atomic E-state index is 5.68. The molecule has 0 aromatic carbocycles. The molecule has 0 saturated heterocycles. The first-order valence-electron chi connectivity index (χ1n) is 6.55. The minimum atomic E-state index is 0.557. The molecule has 90 valence electrons. The summed E-state index contributed by atoms with van der Waals surface area (Å²) in [5, 5.41) is 3.35. The Bertz CT molecular complexity index is 153. The zero-order chi connectivity index (χ0) is 11.0. The van der Waals surface area contributed by atoms with E-state index in [9.17, 15) is 0 Å². The lowest BCUT2D eigenvalue weighted by molar-refractivity contribution is 0.0927. The molecule has 0 aliphatic heterocycles. The molecular formula is C13H27NO. The monoisotopic (exact) mass is 213 g/mol. The third kappa shape index (κ3) is 4.52. The zero-order valence-corrected chi connectivity index (χ0v) is 10.5. The molecule has 15 heavy (non-hydrogen) atoms. The fraction of sp³-hybridized carbons (Fsp3) is 1.00. The fourth-order valence-electron chi connectivity index (χ4n) is 2.65. The topological polar surface area (TPSA) is 21.3 Å². The van der Waals surface area contributed by atoms with Crippen LogP contribution in [0, 0.1) is 5.41 Å². The second kappa shape index (κ2) is 7.24. The van der Waals surface area contributed by atoms with Gasteiger partial charge in [-0.25, -0.2) is 0 Å². The molecule has 0 atom stereocenters. The number of rotatable bonds is 8. The molecule has 1 fully saturated rings. The predicted octanol–water partition coefficient (Wildman–Crippen LogP) is 2.97. The van der Waals surface area contributed by atoms with E-state index in [1.165, 1.54) is 51.5 Å². The first-order valence-corrected chi connectivity index (χ1v) is 6.55. The lowest BCUT2D eigenvalue weighted by Crippen LogP contribution is -2.31. The molecule has 1 N–H and O–H groups in total. The standard InChI is InChI=1S/C13H27NO/c1-3-4-10-15-11-9-13(12-14-2)7-5-6-8-13/h14H,3-12H2,1-2H3. The quantitative estimate of drug-likeness (QED) is 0.626. The van der Waals surface area contributed by atoms with Gasteiger partial charge in [0, 0.05) is 19.8 Å². The summed E-state index contributed by atoms with van der Waals surface area (Å²) in [6.45, 7) is 5.29. The lowest BCUT2D eigenvalue weighted by atomic mass is 9.83. The van der Waals surface area contributed by atoms with Gasteiger partial charge in [-0.2, -0.15) is 0 Å². The molecule has 1 aliphatic carbocycles. The van der Waals surface area contributed by atoms with E-state index in [0.717, 1.165) is 13.2 Å². The van der Waals surface area contributed by atoms with Gasteiger partial charge in [0.1, 0.15) is 0 Å². The highest BCUT2D eigenvalue weighted by Gasteiger charge is 2.32. The van der Waals surface area contributed by atoms with Crippen molar-refractivity contribution in [2.45, 2.75) is 51.9 Å². The summed E-state index contributed by atoms with van der Waals surface area (Å²) in [7, 11) is 2.07. The Morgan fingerprint density at radius 3 is 2.53 bits per heavy atom. The number of ether oxygens (including phenoxy) is 1. The fourth-order valence-corrected chi connectivity index (χ4v) is 2.65. The van der Waals surface area contributed by atoms with Crippen molar-refractivity contribution in [2.24, 2.45) is 5.41 Å². The van der Waals surface area contributed by atoms with Crippen LogP contribution in [0.5, 0.6) is 0 Å². The van der Waals surface area contributed by atoms with Gasteiger partial charge in [-0.15, -0.1) is 0 Å². The highest BCUT2D eigenvalue weighted by molar-refractivity contribution is 4.86. The van der Waals surface area contributed by atoms with Crippen molar-refractivity contribution in [3.05, 3.63) is 0 Å². The average molecular weight is 213 g/mol. The van der Waals surface area contributed by atoms with E-state index >= 15 is 0 Å². The van der Waals surface area contributed by atoms with Gasteiger partial charge in [-0.3, -0.25) is 0 Å². The van der Waals surface area contributed by atoms with Crippen LogP contribution in [0.2, 0.25) is 0 Å². The molecule has 0 spiro atoms. The molecule has 1 saturated carbocycles. The first-order chi connectivity index (χ1) is 7.33. The predicted molar refractivity (Wildman–Crippen MR) is 65.2 cm³/mol. The number of hydrogen-bond donors (Lipinski definition) is 1. The van der Waals surface area contributed by atoms with Gasteiger partial charge in [0.2, 0.25) is 0 Å². The van der Waals surface area contributed by atoms with Crippen LogP contribution in [0.4, 0.5) is 0 Å². The Hall–Kier alpha value is -0.0800. The largest absolute Gasteiger partial charge is 0.381 e. The number of unbranched alkanes of at least 4 members (excludes halogenated alkanes) is 1. The molecule has 0 bridgehead atoms. The maximum atomic E-state index is 5.68.